The third kappa shape index (κ3) is 3.00. The van der Waals surface area contributed by atoms with Crippen molar-refractivity contribution in [2.45, 2.75) is 51.5 Å². The lowest BCUT2D eigenvalue weighted by Crippen LogP contribution is -2.33. The van der Waals surface area contributed by atoms with Crippen LogP contribution in [0.5, 0.6) is 0 Å². The van der Waals surface area contributed by atoms with E-state index >= 15 is 0 Å². The molecule has 0 spiro atoms. The molecule has 2 N–H and O–H groups in total. The second-order valence-corrected chi connectivity index (χ2v) is 7.08. The van der Waals surface area contributed by atoms with Gasteiger partial charge in [-0.25, -0.2) is 4.98 Å². The van der Waals surface area contributed by atoms with Crippen molar-refractivity contribution in [3.63, 3.8) is 0 Å². The van der Waals surface area contributed by atoms with Gasteiger partial charge in [0.2, 0.25) is 0 Å². The fourth-order valence-electron chi connectivity index (χ4n) is 3.24. The van der Waals surface area contributed by atoms with Gasteiger partial charge in [0.25, 0.3) is 5.91 Å². The van der Waals surface area contributed by atoms with Gasteiger partial charge in [-0.2, -0.15) is 0 Å². The summed E-state index contributed by atoms with van der Waals surface area (Å²) in [6.45, 7) is 5.01. The quantitative estimate of drug-likeness (QED) is 0.912. The van der Waals surface area contributed by atoms with Crippen molar-refractivity contribution in [2.75, 3.05) is 30.3 Å². The number of nitrogen functional groups attached to an aromatic ring is 1. The summed E-state index contributed by atoms with van der Waals surface area (Å²) in [5.74, 6) is 0.472. The van der Waals surface area contributed by atoms with Gasteiger partial charge in [0.05, 0.1) is 0 Å². The van der Waals surface area contributed by atoms with E-state index in [4.69, 9.17) is 5.73 Å². The summed E-state index contributed by atoms with van der Waals surface area (Å²) in [7, 11) is 0. The largest absolute Gasteiger partial charge is 0.382 e. The van der Waals surface area contributed by atoms with E-state index in [9.17, 15) is 4.79 Å². The Kier molecular flexibility index (Phi) is 4.33. The minimum Gasteiger partial charge on any atom is -0.382 e. The molecule has 0 radical (unpaired) electrons. The first-order valence-corrected chi connectivity index (χ1v) is 8.80. The Morgan fingerprint density at radius 2 is 1.90 bits per heavy atom. The van der Waals surface area contributed by atoms with Crippen LogP contribution in [0.1, 0.15) is 55.1 Å². The zero-order valence-electron chi connectivity index (χ0n) is 12.7. The first-order chi connectivity index (χ1) is 10.2. The lowest BCUT2D eigenvalue weighted by molar-refractivity contribution is 0.0753. The predicted molar refractivity (Wildman–Crippen MR) is 86.9 cm³/mol. The van der Waals surface area contributed by atoms with Crippen molar-refractivity contribution in [3.8, 4) is 0 Å². The molecule has 3 heterocycles. The highest BCUT2D eigenvalue weighted by atomic mass is 32.1. The van der Waals surface area contributed by atoms with Gasteiger partial charge in [-0.05, 0) is 32.6 Å². The number of hydrogen-bond donors (Lipinski definition) is 1. The Labute approximate surface area is 130 Å². The topological polar surface area (TPSA) is 62.5 Å². The van der Waals surface area contributed by atoms with Crippen LogP contribution in [0.3, 0.4) is 0 Å². The maximum Gasteiger partial charge on any atom is 0.268 e. The van der Waals surface area contributed by atoms with Crippen LogP contribution < -0.4 is 10.6 Å². The number of nitrogens with zero attached hydrogens (tertiary/aromatic N) is 3. The minimum atomic E-state index is 0.0658. The first-order valence-electron chi connectivity index (χ1n) is 7.99. The van der Waals surface area contributed by atoms with E-state index in [0.717, 1.165) is 37.6 Å². The maximum absolute atomic E-state index is 12.6. The Morgan fingerprint density at radius 1 is 1.19 bits per heavy atom. The molecule has 2 aliphatic heterocycles. The van der Waals surface area contributed by atoms with Crippen LogP contribution in [-0.4, -0.2) is 41.5 Å². The number of nitrogens with two attached hydrogens (primary N) is 1. The van der Waals surface area contributed by atoms with Crippen LogP contribution in [0.4, 0.5) is 10.9 Å². The van der Waals surface area contributed by atoms with E-state index in [1.165, 1.54) is 37.0 Å². The van der Waals surface area contributed by atoms with E-state index in [-0.39, 0.29) is 5.91 Å². The summed E-state index contributed by atoms with van der Waals surface area (Å²) in [5.41, 5.74) is 6.03. The zero-order valence-corrected chi connectivity index (χ0v) is 13.5. The number of carbonyl (C=O) groups excluding carboxylic acids is 1. The third-order valence-corrected chi connectivity index (χ3v) is 5.65. The van der Waals surface area contributed by atoms with Crippen molar-refractivity contribution >= 4 is 28.2 Å². The van der Waals surface area contributed by atoms with Crippen molar-refractivity contribution in [3.05, 3.63) is 4.88 Å². The SMILES string of the molecule is CC1CCCN1C(=O)c1sc(N2CCCCCC2)nc1N. The highest BCUT2D eigenvalue weighted by Crippen LogP contribution is 2.32. The van der Waals surface area contributed by atoms with Gasteiger partial charge in [-0.3, -0.25) is 4.79 Å². The number of likely N-dealkylation sites (tertiary alicyclic amines) is 1. The Hall–Kier alpha value is -1.30. The van der Waals surface area contributed by atoms with E-state index < -0.39 is 0 Å². The lowest BCUT2D eigenvalue weighted by atomic mass is 10.2. The Balaban J connectivity index is 1.78. The second-order valence-electron chi connectivity index (χ2n) is 6.10. The molecule has 1 atom stereocenters. The van der Waals surface area contributed by atoms with Gasteiger partial charge in [-0.1, -0.05) is 24.2 Å². The van der Waals surface area contributed by atoms with Gasteiger partial charge in [0.1, 0.15) is 10.7 Å². The number of thiazole rings is 1. The summed E-state index contributed by atoms with van der Waals surface area (Å²) in [6.07, 6.45) is 7.15. The maximum atomic E-state index is 12.6. The van der Waals surface area contributed by atoms with Gasteiger partial charge in [0, 0.05) is 25.7 Å². The summed E-state index contributed by atoms with van der Waals surface area (Å²) in [6, 6.07) is 0.320. The summed E-state index contributed by atoms with van der Waals surface area (Å²) >= 11 is 1.47. The monoisotopic (exact) mass is 308 g/mol. The molecule has 1 aromatic rings. The van der Waals surface area contributed by atoms with Crippen LogP contribution in [-0.2, 0) is 0 Å². The number of amides is 1. The molecule has 6 heteroatoms. The third-order valence-electron chi connectivity index (χ3n) is 4.53. The van der Waals surface area contributed by atoms with Crippen LogP contribution in [0, 0.1) is 0 Å². The number of hydrogen-bond acceptors (Lipinski definition) is 5. The molecule has 2 saturated heterocycles. The molecule has 2 aliphatic rings. The summed E-state index contributed by atoms with van der Waals surface area (Å²) in [4.78, 5) is 22.0. The molecule has 0 aliphatic carbocycles. The zero-order chi connectivity index (χ0) is 14.8. The van der Waals surface area contributed by atoms with E-state index in [1.807, 2.05) is 4.90 Å². The molecule has 1 aromatic heterocycles. The molecule has 116 valence electrons. The molecule has 0 saturated carbocycles. The fourth-order valence-corrected chi connectivity index (χ4v) is 4.23. The molecule has 1 unspecified atom stereocenters. The van der Waals surface area contributed by atoms with Gasteiger partial charge in [-0.15, -0.1) is 0 Å². The molecular formula is C15H24N4OS. The average Bonchev–Trinajstić information content (AvgIpc) is 2.95. The molecular weight excluding hydrogens is 284 g/mol. The molecule has 0 bridgehead atoms. The lowest BCUT2D eigenvalue weighted by Gasteiger charge is -2.20. The van der Waals surface area contributed by atoms with Crippen molar-refractivity contribution in [1.82, 2.24) is 9.88 Å². The predicted octanol–water partition coefficient (Wildman–Crippen LogP) is 2.73. The van der Waals surface area contributed by atoms with Crippen molar-refractivity contribution in [2.24, 2.45) is 0 Å². The van der Waals surface area contributed by atoms with Crippen LogP contribution in [0.15, 0.2) is 0 Å². The highest BCUT2D eigenvalue weighted by Gasteiger charge is 2.30. The Bertz CT molecular complexity index is 508. The molecule has 21 heavy (non-hydrogen) atoms. The molecule has 5 nitrogen and oxygen atoms in total. The van der Waals surface area contributed by atoms with Crippen LogP contribution in [0.25, 0.3) is 0 Å². The van der Waals surface area contributed by atoms with E-state index in [1.54, 1.807) is 0 Å². The van der Waals surface area contributed by atoms with Gasteiger partial charge in [0.15, 0.2) is 5.13 Å². The van der Waals surface area contributed by atoms with Crippen LogP contribution >= 0.6 is 11.3 Å². The molecule has 2 fully saturated rings. The number of carbonyl (C=O) groups is 1. The van der Waals surface area contributed by atoms with Crippen LogP contribution in [0.2, 0.25) is 0 Å². The van der Waals surface area contributed by atoms with E-state index in [0.29, 0.717) is 16.7 Å². The molecule has 3 rings (SSSR count). The van der Waals surface area contributed by atoms with Gasteiger partial charge < -0.3 is 15.5 Å². The number of anilines is 2. The smallest absolute Gasteiger partial charge is 0.268 e. The second kappa shape index (κ2) is 6.22. The molecule has 0 aromatic carbocycles. The van der Waals surface area contributed by atoms with Crippen molar-refractivity contribution < 1.29 is 4.79 Å². The Morgan fingerprint density at radius 3 is 2.52 bits per heavy atom. The standard InChI is InChI=1S/C15H24N4OS/c1-11-7-6-10-19(11)14(20)12-13(16)17-15(21-12)18-8-4-2-3-5-9-18/h11H,2-10,16H2,1H3. The molecule has 1 amide bonds. The minimum absolute atomic E-state index is 0.0658. The average molecular weight is 308 g/mol. The fraction of sp³-hybridized carbons (Fsp3) is 0.733. The van der Waals surface area contributed by atoms with Gasteiger partial charge >= 0.3 is 0 Å². The van der Waals surface area contributed by atoms with E-state index in [2.05, 4.69) is 16.8 Å². The first kappa shape index (κ1) is 14.6. The number of aromatic nitrogens is 1. The van der Waals surface area contributed by atoms with Crippen molar-refractivity contribution in [1.29, 1.82) is 0 Å². The summed E-state index contributed by atoms with van der Waals surface area (Å²) in [5, 5.41) is 0.921. The summed E-state index contributed by atoms with van der Waals surface area (Å²) < 4.78 is 0. The number of rotatable bonds is 2. The normalized spacial score (nSPS) is 23.4. The highest BCUT2D eigenvalue weighted by molar-refractivity contribution is 7.18.